The van der Waals surface area contributed by atoms with E-state index in [-0.39, 0.29) is 11.6 Å². The van der Waals surface area contributed by atoms with Gasteiger partial charge in [-0.1, -0.05) is 80.3 Å². The van der Waals surface area contributed by atoms with Crippen molar-refractivity contribution in [1.82, 2.24) is 5.32 Å². The van der Waals surface area contributed by atoms with E-state index in [1.165, 1.54) is 31.2 Å². The van der Waals surface area contributed by atoms with Crippen LogP contribution in [-0.4, -0.2) is 11.8 Å². The van der Waals surface area contributed by atoms with Gasteiger partial charge < -0.3 is 10.6 Å². The van der Waals surface area contributed by atoms with E-state index in [1.54, 1.807) is 54.6 Å². The van der Waals surface area contributed by atoms with Crippen LogP contribution in [0.2, 0.25) is 5.02 Å². The number of unbranched alkanes of at least 4 members (excludes halogenated alkanes) is 3. The zero-order chi connectivity index (χ0) is 23.5. The van der Waals surface area contributed by atoms with Gasteiger partial charge in [0.1, 0.15) is 5.70 Å². The van der Waals surface area contributed by atoms with Crippen LogP contribution in [0.15, 0.2) is 84.6 Å². The number of anilines is 1. The van der Waals surface area contributed by atoms with Crippen LogP contribution >= 0.6 is 11.6 Å². The second-order valence-electron chi connectivity index (χ2n) is 7.89. The molecule has 0 aromatic heterocycles. The summed E-state index contributed by atoms with van der Waals surface area (Å²) in [6.07, 6.45) is 7.54. The highest BCUT2D eigenvalue weighted by atomic mass is 35.5. The normalized spacial score (nSPS) is 11.2. The Labute approximate surface area is 200 Å². The topological polar surface area (TPSA) is 58.2 Å². The minimum atomic E-state index is -0.398. The van der Waals surface area contributed by atoms with Crippen LogP contribution in [0.3, 0.4) is 0 Å². The first-order valence-electron chi connectivity index (χ1n) is 11.3. The molecule has 33 heavy (non-hydrogen) atoms. The molecular formula is C28H29ClN2O2. The van der Waals surface area contributed by atoms with Crippen molar-refractivity contribution in [3.8, 4) is 0 Å². The molecule has 4 nitrogen and oxygen atoms in total. The summed E-state index contributed by atoms with van der Waals surface area (Å²) in [4.78, 5) is 25.8. The van der Waals surface area contributed by atoms with E-state index in [1.807, 2.05) is 30.3 Å². The second kappa shape index (κ2) is 12.6. The maximum absolute atomic E-state index is 13.1. The minimum Gasteiger partial charge on any atom is -0.321 e. The van der Waals surface area contributed by atoms with Gasteiger partial charge in [0.2, 0.25) is 0 Å². The van der Waals surface area contributed by atoms with E-state index in [0.717, 1.165) is 12.0 Å². The molecule has 3 aromatic rings. The second-order valence-corrected chi connectivity index (χ2v) is 8.33. The summed E-state index contributed by atoms with van der Waals surface area (Å²) in [6.45, 7) is 2.20. The highest BCUT2D eigenvalue weighted by Crippen LogP contribution is 2.16. The molecule has 3 aromatic carbocycles. The van der Waals surface area contributed by atoms with E-state index < -0.39 is 5.91 Å². The zero-order valence-corrected chi connectivity index (χ0v) is 19.6. The molecule has 3 rings (SSSR count). The molecule has 0 fully saturated rings. The number of amides is 2. The Balaban J connectivity index is 1.73. The van der Waals surface area contributed by atoms with Gasteiger partial charge in [0, 0.05) is 16.3 Å². The fourth-order valence-corrected chi connectivity index (χ4v) is 3.50. The third-order valence-electron chi connectivity index (χ3n) is 5.24. The number of aryl methyl sites for hydroxylation is 1. The van der Waals surface area contributed by atoms with Crippen LogP contribution in [0, 0.1) is 0 Å². The highest BCUT2D eigenvalue weighted by molar-refractivity contribution is 6.30. The van der Waals surface area contributed by atoms with Crippen LogP contribution in [0.25, 0.3) is 6.08 Å². The minimum absolute atomic E-state index is 0.148. The number of benzene rings is 3. The van der Waals surface area contributed by atoms with Gasteiger partial charge in [-0.15, -0.1) is 0 Å². The Kier molecular flexibility index (Phi) is 9.28. The molecular weight excluding hydrogens is 432 g/mol. The summed E-state index contributed by atoms with van der Waals surface area (Å²) >= 11 is 5.97. The fourth-order valence-electron chi connectivity index (χ4n) is 3.38. The Bertz CT molecular complexity index is 1080. The SMILES string of the molecule is CCCCCCc1ccc(NC(=O)/C(=C/c2ccc(Cl)cc2)NC(=O)c2ccccc2)cc1. The number of rotatable bonds is 10. The van der Waals surface area contributed by atoms with Gasteiger partial charge in [-0.25, -0.2) is 0 Å². The van der Waals surface area contributed by atoms with Crippen molar-refractivity contribution in [3.05, 3.63) is 106 Å². The molecule has 0 radical (unpaired) electrons. The Morgan fingerprint density at radius 3 is 2.21 bits per heavy atom. The van der Waals surface area contributed by atoms with Crippen LogP contribution in [0.1, 0.15) is 54.1 Å². The van der Waals surface area contributed by atoms with Crippen LogP contribution in [0.4, 0.5) is 5.69 Å². The largest absolute Gasteiger partial charge is 0.321 e. The van der Waals surface area contributed by atoms with Gasteiger partial charge in [-0.2, -0.15) is 0 Å². The van der Waals surface area contributed by atoms with Crippen LogP contribution < -0.4 is 10.6 Å². The lowest BCUT2D eigenvalue weighted by Gasteiger charge is -2.12. The van der Waals surface area contributed by atoms with Gasteiger partial charge in [-0.3, -0.25) is 9.59 Å². The number of nitrogens with one attached hydrogen (secondary N) is 2. The highest BCUT2D eigenvalue weighted by Gasteiger charge is 2.15. The molecule has 0 saturated carbocycles. The number of hydrogen-bond donors (Lipinski definition) is 2. The maximum atomic E-state index is 13.1. The lowest BCUT2D eigenvalue weighted by atomic mass is 10.1. The third kappa shape index (κ3) is 7.92. The summed E-state index contributed by atoms with van der Waals surface area (Å²) in [7, 11) is 0. The van der Waals surface area contributed by atoms with Crippen molar-refractivity contribution >= 4 is 35.2 Å². The van der Waals surface area contributed by atoms with Crippen molar-refractivity contribution in [1.29, 1.82) is 0 Å². The molecule has 0 bridgehead atoms. The molecule has 170 valence electrons. The molecule has 0 aliphatic heterocycles. The monoisotopic (exact) mass is 460 g/mol. The molecule has 0 unspecified atom stereocenters. The van der Waals surface area contributed by atoms with Gasteiger partial charge in [-0.05, 0) is 66.4 Å². The first kappa shape index (κ1) is 24.3. The average molecular weight is 461 g/mol. The van der Waals surface area contributed by atoms with Crippen LogP contribution in [-0.2, 0) is 11.2 Å². The molecule has 2 amide bonds. The Morgan fingerprint density at radius 1 is 0.848 bits per heavy atom. The first-order valence-corrected chi connectivity index (χ1v) is 11.7. The summed E-state index contributed by atoms with van der Waals surface area (Å²) in [6, 6.07) is 23.7. The standard InChI is InChI=1S/C28H29ClN2O2/c1-2-3-4-6-9-21-14-18-25(19-15-21)30-28(33)26(20-22-12-16-24(29)17-13-22)31-27(32)23-10-7-5-8-11-23/h5,7-8,10-20H,2-4,6,9H2,1H3,(H,30,33)(H,31,32)/b26-20-. The molecule has 0 heterocycles. The van der Waals surface area contributed by atoms with Crippen molar-refractivity contribution in [2.75, 3.05) is 5.32 Å². The maximum Gasteiger partial charge on any atom is 0.272 e. The van der Waals surface area contributed by atoms with Gasteiger partial charge in [0.25, 0.3) is 11.8 Å². The number of carbonyl (C=O) groups excluding carboxylic acids is 2. The number of carbonyl (C=O) groups is 2. The Hall–Kier alpha value is -3.37. The molecule has 0 atom stereocenters. The lowest BCUT2D eigenvalue weighted by molar-refractivity contribution is -0.113. The average Bonchev–Trinajstić information content (AvgIpc) is 2.84. The predicted molar refractivity (Wildman–Crippen MR) is 136 cm³/mol. The number of hydrogen-bond acceptors (Lipinski definition) is 2. The van der Waals surface area contributed by atoms with E-state index in [4.69, 9.17) is 11.6 Å². The Morgan fingerprint density at radius 2 is 1.55 bits per heavy atom. The third-order valence-corrected chi connectivity index (χ3v) is 5.49. The van der Waals surface area contributed by atoms with Crippen molar-refractivity contribution in [2.45, 2.75) is 39.0 Å². The van der Waals surface area contributed by atoms with E-state index in [2.05, 4.69) is 17.6 Å². The van der Waals surface area contributed by atoms with E-state index in [9.17, 15) is 9.59 Å². The van der Waals surface area contributed by atoms with Crippen molar-refractivity contribution in [2.24, 2.45) is 0 Å². The van der Waals surface area contributed by atoms with E-state index in [0.29, 0.717) is 16.3 Å². The lowest BCUT2D eigenvalue weighted by Crippen LogP contribution is -2.30. The fraction of sp³-hybridized carbons (Fsp3) is 0.214. The number of halogens is 1. The molecule has 2 N–H and O–H groups in total. The summed E-state index contributed by atoms with van der Waals surface area (Å²) in [5, 5.41) is 6.23. The first-order chi connectivity index (χ1) is 16.0. The van der Waals surface area contributed by atoms with Gasteiger partial charge in [0.15, 0.2) is 0 Å². The van der Waals surface area contributed by atoms with Gasteiger partial charge in [0.05, 0.1) is 0 Å². The zero-order valence-electron chi connectivity index (χ0n) is 18.8. The quantitative estimate of drug-likeness (QED) is 0.256. The predicted octanol–water partition coefficient (Wildman–Crippen LogP) is 6.87. The molecule has 0 aliphatic carbocycles. The molecule has 0 saturated heterocycles. The summed E-state index contributed by atoms with van der Waals surface area (Å²) in [5.74, 6) is -0.752. The molecule has 0 spiro atoms. The summed E-state index contributed by atoms with van der Waals surface area (Å²) < 4.78 is 0. The van der Waals surface area contributed by atoms with Crippen LogP contribution in [0.5, 0.6) is 0 Å². The molecule has 5 heteroatoms. The summed E-state index contributed by atoms with van der Waals surface area (Å²) in [5.41, 5.74) is 3.29. The van der Waals surface area contributed by atoms with Crippen molar-refractivity contribution < 1.29 is 9.59 Å². The van der Waals surface area contributed by atoms with Gasteiger partial charge >= 0.3 is 0 Å². The van der Waals surface area contributed by atoms with E-state index >= 15 is 0 Å². The molecule has 0 aliphatic rings. The smallest absolute Gasteiger partial charge is 0.272 e. The van der Waals surface area contributed by atoms with Crippen molar-refractivity contribution in [3.63, 3.8) is 0 Å².